The number of benzene rings is 2. The zero-order chi connectivity index (χ0) is 20.6. The van der Waals surface area contributed by atoms with Gasteiger partial charge in [-0.1, -0.05) is 31.2 Å². The Hall–Kier alpha value is -2.74. The Balaban J connectivity index is 2.01. The van der Waals surface area contributed by atoms with Crippen LogP contribution in [0.4, 0.5) is 18.9 Å². The first-order chi connectivity index (χ1) is 13.3. The van der Waals surface area contributed by atoms with Crippen LogP contribution < -0.4 is 15.8 Å². The molecule has 8 heteroatoms. The smallest absolute Gasteiger partial charge is 0.416 e. The van der Waals surface area contributed by atoms with Crippen molar-refractivity contribution in [2.75, 3.05) is 19.0 Å². The summed E-state index contributed by atoms with van der Waals surface area (Å²) in [6.45, 7) is 2.50. The zero-order valence-electron chi connectivity index (χ0n) is 15.8. The SMILES string of the molecule is CCC(CN=C(N)Nc1ccccc1COC)Oc1cccc(C(F)(F)F)c1. The summed E-state index contributed by atoms with van der Waals surface area (Å²) in [5.41, 5.74) is 6.89. The second kappa shape index (κ2) is 9.98. The van der Waals surface area contributed by atoms with E-state index in [1.54, 1.807) is 7.11 Å². The molecule has 0 saturated carbocycles. The molecule has 1 atom stereocenters. The van der Waals surface area contributed by atoms with Crippen molar-refractivity contribution in [1.82, 2.24) is 0 Å². The van der Waals surface area contributed by atoms with E-state index in [0.29, 0.717) is 13.0 Å². The summed E-state index contributed by atoms with van der Waals surface area (Å²) in [6.07, 6.45) is -4.26. The molecule has 0 heterocycles. The molecule has 0 saturated heterocycles. The Labute approximate surface area is 162 Å². The van der Waals surface area contributed by atoms with Crippen molar-refractivity contribution in [2.45, 2.75) is 32.2 Å². The second-order valence-corrected chi connectivity index (χ2v) is 6.11. The second-order valence-electron chi connectivity index (χ2n) is 6.11. The molecule has 2 aromatic rings. The van der Waals surface area contributed by atoms with E-state index in [-0.39, 0.29) is 18.3 Å². The molecule has 1 unspecified atom stereocenters. The number of rotatable bonds is 8. The number of nitrogens with one attached hydrogen (secondary N) is 1. The molecule has 0 bridgehead atoms. The van der Waals surface area contributed by atoms with Gasteiger partial charge in [0.15, 0.2) is 5.96 Å². The van der Waals surface area contributed by atoms with Crippen molar-refractivity contribution in [1.29, 1.82) is 0 Å². The number of guanidine groups is 1. The van der Waals surface area contributed by atoms with Crippen molar-refractivity contribution >= 4 is 11.6 Å². The van der Waals surface area contributed by atoms with Crippen LogP contribution in [0.1, 0.15) is 24.5 Å². The summed E-state index contributed by atoms with van der Waals surface area (Å²) >= 11 is 0. The van der Waals surface area contributed by atoms with Gasteiger partial charge in [0.2, 0.25) is 0 Å². The molecule has 5 nitrogen and oxygen atoms in total. The van der Waals surface area contributed by atoms with Crippen molar-refractivity contribution in [3.8, 4) is 5.75 Å². The molecule has 0 aromatic heterocycles. The number of halogens is 3. The summed E-state index contributed by atoms with van der Waals surface area (Å²) < 4.78 is 49.3. The number of ether oxygens (including phenoxy) is 2. The third-order valence-corrected chi connectivity index (χ3v) is 3.96. The highest BCUT2D eigenvalue weighted by Gasteiger charge is 2.30. The van der Waals surface area contributed by atoms with Crippen LogP contribution in [0.25, 0.3) is 0 Å². The van der Waals surface area contributed by atoms with Crippen LogP contribution in [0.2, 0.25) is 0 Å². The van der Waals surface area contributed by atoms with Crippen LogP contribution in [-0.4, -0.2) is 25.7 Å². The van der Waals surface area contributed by atoms with Gasteiger partial charge in [0.05, 0.1) is 18.7 Å². The van der Waals surface area contributed by atoms with E-state index in [1.807, 2.05) is 31.2 Å². The highest BCUT2D eigenvalue weighted by molar-refractivity contribution is 5.92. The molecule has 0 aliphatic rings. The number of anilines is 1. The Morgan fingerprint density at radius 2 is 1.93 bits per heavy atom. The molecular formula is C20H24F3N3O2. The molecule has 2 rings (SSSR count). The lowest BCUT2D eigenvalue weighted by Crippen LogP contribution is -2.27. The number of para-hydroxylation sites is 1. The molecule has 3 N–H and O–H groups in total. The fraction of sp³-hybridized carbons (Fsp3) is 0.350. The third-order valence-electron chi connectivity index (χ3n) is 3.96. The maximum Gasteiger partial charge on any atom is 0.416 e. The lowest BCUT2D eigenvalue weighted by Gasteiger charge is -2.17. The van der Waals surface area contributed by atoms with Gasteiger partial charge >= 0.3 is 6.18 Å². The van der Waals surface area contributed by atoms with E-state index >= 15 is 0 Å². The van der Waals surface area contributed by atoms with E-state index in [4.69, 9.17) is 15.2 Å². The maximum absolute atomic E-state index is 12.8. The van der Waals surface area contributed by atoms with Crippen LogP contribution in [-0.2, 0) is 17.5 Å². The fourth-order valence-electron chi connectivity index (χ4n) is 2.49. The van der Waals surface area contributed by atoms with Crippen molar-refractivity contribution in [2.24, 2.45) is 10.7 Å². The summed E-state index contributed by atoms with van der Waals surface area (Å²) in [5, 5.41) is 3.01. The normalized spacial score (nSPS) is 13.2. The number of alkyl halides is 3. The van der Waals surface area contributed by atoms with Crippen molar-refractivity contribution < 1.29 is 22.6 Å². The van der Waals surface area contributed by atoms with Gasteiger partial charge in [-0.25, -0.2) is 4.99 Å². The minimum absolute atomic E-state index is 0.147. The molecule has 0 aliphatic heterocycles. The first-order valence-electron chi connectivity index (χ1n) is 8.81. The minimum atomic E-state index is -4.41. The lowest BCUT2D eigenvalue weighted by molar-refractivity contribution is -0.137. The van der Waals surface area contributed by atoms with Gasteiger partial charge in [-0.2, -0.15) is 13.2 Å². The monoisotopic (exact) mass is 395 g/mol. The summed E-state index contributed by atoms with van der Waals surface area (Å²) in [7, 11) is 1.60. The Morgan fingerprint density at radius 3 is 2.61 bits per heavy atom. The van der Waals surface area contributed by atoms with Gasteiger partial charge in [0.1, 0.15) is 11.9 Å². The number of nitrogens with two attached hydrogens (primary N) is 1. The quantitative estimate of drug-likeness (QED) is 0.512. The molecule has 28 heavy (non-hydrogen) atoms. The Morgan fingerprint density at radius 1 is 1.18 bits per heavy atom. The Kier molecular flexibility index (Phi) is 7.69. The van der Waals surface area contributed by atoms with Crippen LogP contribution in [0.5, 0.6) is 5.75 Å². The molecule has 0 aliphatic carbocycles. The predicted molar refractivity (Wildman–Crippen MR) is 103 cm³/mol. The third kappa shape index (κ3) is 6.45. The molecule has 152 valence electrons. The minimum Gasteiger partial charge on any atom is -0.488 e. The first kappa shape index (κ1) is 21.6. The highest BCUT2D eigenvalue weighted by atomic mass is 19.4. The fourth-order valence-corrected chi connectivity index (χ4v) is 2.49. The zero-order valence-corrected chi connectivity index (χ0v) is 15.8. The van der Waals surface area contributed by atoms with E-state index in [2.05, 4.69) is 10.3 Å². The van der Waals surface area contributed by atoms with E-state index < -0.39 is 17.8 Å². The average Bonchev–Trinajstić information content (AvgIpc) is 2.66. The molecule has 0 spiro atoms. The molecular weight excluding hydrogens is 371 g/mol. The number of hydrogen-bond acceptors (Lipinski definition) is 3. The summed E-state index contributed by atoms with van der Waals surface area (Å²) in [5.74, 6) is 0.337. The van der Waals surface area contributed by atoms with E-state index in [9.17, 15) is 13.2 Å². The first-order valence-corrected chi connectivity index (χ1v) is 8.81. The molecule has 0 fully saturated rings. The predicted octanol–water partition coefficient (Wildman–Crippen LogP) is 4.44. The van der Waals surface area contributed by atoms with Gasteiger partial charge in [0.25, 0.3) is 0 Å². The molecule has 2 aromatic carbocycles. The van der Waals surface area contributed by atoms with Crippen LogP contribution >= 0.6 is 0 Å². The van der Waals surface area contributed by atoms with Gasteiger partial charge in [-0.15, -0.1) is 0 Å². The van der Waals surface area contributed by atoms with Crippen LogP contribution in [0.3, 0.4) is 0 Å². The summed E-state index contributed by atoms with van der Waals surface area (Å²) in [4.78, 5) is 4.25. The largest absolute Gasteiger partial charge is 0.488 e. The highest BCUT2D eigenvalue weighted by Crippen LogP contribution is 2.31. The van der Waals surface area contributed by atoms with E-state index in [1.165, 1.54) is 12.1 Å². The van der Waals surface area contributed by atoms with Crippen LogP contribution in [0.15, 0.2) is 53.5 Å². The maximum atomic E-state index is 12.8. The number of hydrogen-bond donors (Lipinski definition) is 2. The topological polar surface area (TPSA) is 68.9 Å². The average molecular weight is 395 g/mol. The molecule has 0 radical (unpaired) electrons. The van der Waals surface area contributed by atoms with Gasteiger partial charge in [-0.05, 0) is 30.7 Å². The Bertz CT molecular complexity index is 794. The van der Waals surface area contributed by atoms with Gasteiger partial charge in [0, 0.05) is 18.4 Å². The van der Waals surface area contributed by atoms with Crippen molar-refractivity contribution in [3.63, 3.8) is 0 Å². The van der Waals surface area contributed by atoms with E-state index in [0.717, 1.165) is 23.4 Å². The number of methoxy groups -OCH3 is 1. The lowest BCUT2D eigenvalue weighted by atomic mass is 10.2. The van der Waals surface area contributed by atoms with Crippen molar-refractivity contribution in [3.05, 3.63) is 59.7 Å². The standard InChI is InChI=1S/C20H24F3N3O2/c1-3-16(28-17-9-6-8-15(11-17)20(21,22)23)12-25-19(24)26-18-10-5-4-7-14(18)13-27-2/h4-11,16H,3,12-13H2,1-2H3,(H3,24,25,26). The van der Waals surface area contributed by atoms with Gasteiger partial charge < -0.3 is 20.5 Å². The number of aliphatic imine (C=N–C) groups is 1. The summed E-state index contributed by atoms with van der Waals surface area (Å²) in [6, 6.07) is 12.3. The van der Waals surface area contributed by atoms with Crippen LogP contribution in [0, 0.1) is 0 Å². The number of nitrogens with zero attached hydrogens (tertiary/aromatic N) is 1. The molecule has 0 amide bonds. The van der Waals surface area contributed by atoms with Gasteiger partial charge in [-0.3, -0.25) is 0 Å².